The number of carbonyl (C=O) groups excluding carboxylic acids is 1. The Bertz CT molecular complexity index is 405. The smallest absolute Gasteiger partial charge is 0.310 e. The predicted octanol–water partition coefficient (Wildman–Crippen LogP) is 0.820. The van der Waals surface area contributed by atoms with Gasteiger partial charge in [0.25, 0.3) is 0 Å². The molecule has 0 amide bonds. The summed E-state index contributed by atoms with van der Waals surface area (Å²) in [5.74, 6) is -2.15. The van der Waals surface area contributed by atoms with Crippen molar-refractivity contribution in [3.8, 4) is 0 Å². The molecule has 0 spiro atoms. The zero-order chi connectivity index (χ0) is 13.5. The van der Waals surface area contributed by atoms with E-state index in [0.717, 1.165) is 5.56 Å². The average Bonchev–Trinajstić information content (AvgIpc) is 2.35. The molecular weight excluding hydrogens is 234 g/mol. The Labute approximate surface area is 106 Å². The largest absolute Gasteiger partial charge is 0.481 e. The Morgan fingerprint density at radius 3 is 2.44 bits per heavy atom. The number of ether oxygens (including phenoxy) is 1. The number of hydrogen-bond acceptors (Lipinski definition) is 4. The molecule has 18 heavy (non-hydrogen) atoms. The van der Waals surface area contributed by atoms with Crippen LogP contribution >= 0.6 is 0 Å². The highest BCUT2D eigenvalue weighted by atomic mass is 16.5. The second-order valence-electron chi connectivity index (χ2n) is 4.08. The van der Waals surface area contributed by atoms with Crippen molar-refractivity contribution in [2.75, 3.05) is 7.11 Å². The second kappa shape index (κ2) is 6.76. The summed E-state index contributed by atoms with van der Waals surface area (Å²) in [4.78, 5) is 22.3. The minimum atomic E-state index is -1.02. The molecule has 98 valence electrons. The molecular formula is C13H17NO4. The van der Waals surface area contributed by atoms with Crippen molar-refractivity contribution in [1.82, 2.24) is 0 Å². The molecule has 0 unspecified atom stereocenters. The van der Waals surface area contributed by atoms with Crippen LogP contribution in [0.3, 0.4) is 0 Å². The first-order valence-corrected chi connectivity index (χ1v) is 5.63. The Balaban J connectivity index is 2.79. The molecule has 0 saturated carbocycles. The number of carboxylic acids is 1. The summed E-state index contributed by atoms with van der Waals surface area (Å²) in [5, 5.41) is 8.72. The fourth-order valence-electron chi connectivity index (χ4n) is 1.77. The molecule has 3 N–H and O–H groups in total. The Hall–Kier alpha value is -1.88. The van der Waals surface area contributed by atoms with Crippen LogP contribution < -0.4 is 5.73 Å². The van der Waals surface area contributed by atoms with E-state index in [1.165, 1.54) is 7.11 Å². The van der Waals surface area contributed by atoms with Crippen LogP contribution in [0.25, 0.3) is 0 Å². The Morgan fingerprint density at radius 2 is 1.94 bits per heavy atom. The van der Waals surface area contributed by atoms with E-state index >= 15 is 0 Å². The molecule has 5 heteroatoms. The van der Waals surface area contributed by atoms with Gasteiger partial charge in [-0.25, -0.2) is 0 Å². The predicted molar refractivity (Wildman–Crippen MR) is 65.9 cm³/mol. The molecule has 0 aliphatic rings. The lowest BCUT2D eigenvalue weighted by Crippen LogP contribution is -2.39. The zero-order valence-electron chi connectivity index (χ0n) is 10.2. The number of carbonyl (C=O) groups is 2. The number of aliphatic carboxylic acids is 1. The second-order valence-corrected chi connectivity index (χ2v) is 4.08. The molecule has 1 aromatic carbocycles. The monoisotopic (exact) mass is 251 g/mol. The highest BCUT2D eigenvalue weighted by Crippen LogP contribution is 2.15. The van der Waals surface area contributed by atoms with Crippen molar-refractivity contribution in [2.45, 2.75) is 18.9 Å². The molecule has 0 bridgehead atoms. The molecule has 0 aliphatic carbocycles. The van der Waals surface area contributed by atoms with Gasteiger partial charge in [-0.15, -0.1) is 0 Å². The lowest BCUT2D eigenvalue weighted by Gasteiger charge is -2.20. The van der Waals surface area contributed by atoms with Crippen molar-refractivity contribution in [3.63, 3.8) is 0 Å². The van der Waals surface area contributed by atoms with E-state index < -0.39 is 23.9 Å². The van der Waals surface area contributed by atoms with Gasteiger partial charge in [0.2, 0.25) is 0 Å². The zero-order valence-corrected chi connectivity index (χ0v) is 10.2. The van der Waals surface area contributed by atoms with Gasteiger partial charge in [0.15, 0.2) is 0 Å². The molecule has 1 aromatic rings. The maximum atomic E-state index is 11.6. The maximum Gasteiger partial charge on any atom is 0.310 e. The molecule has 0 aromatic heterocycles. The fourth-order valence-corrected chi connectivity index (χ4v) is 1.77. The SMILES string of the molecule is COC(=O)[C@H](Cc1ccccc1)[C@H](N)CC(=O)O. The van der Waals surface area contributed by atoms with Crippen LogP contribution in [0.5, 0.6) is 0 Å². The minimum absolute atomic E-state index is 0.257. The van der Waals surface area contributed by atoms with Gasteiger partial charge in [-0.3, -0.25) is 9.59 Å². The number of hydrogen-bond donors (Lipinski definition) is 2. The summed E-state index contributed by atoms with van der Waals surface area (Å²) in [6, 6.07) is 8.55. The lowest BCUT2D eigenvalue weighted by atomic mass is 9.91. The molecule has 0 radical (unpaired) electrons. The van der Waals surface area contributed by atoms with E-state index in [1.807, 2.05) is 30.3 Å². The van der Waals surface area contributed by atoms with E-state index in [1.54, 1.807) is 0 Å². The van der Waals surface area contributed by atoms with E-state index in [2.05, 4.69) is 4.74 Å². The van der Waals surface area contributed by atoms with Gasteiger partial charge in [-0.2, -0.15) is 0 Å². The summed E-state index contributed by atoms with van der Waals surface area (Å²) >= 11 is 0. The van der Waals surface area contributed by atoms with Gasteiger partial charge in [0.05, 0.1) is 19.4 Å². The third kappa shape index (κ3) is 4.18. The van der Waals surface area contributed by atoms with E-state index in [0.29, 0.717) is 6.42 Å². The summed E-state index contributed by atoms with van der Waals surface area (Å²) in [6.07, 6.45) is 0.120. The summed E-state index contributed by atoms with van der Waals surface area (Å²) < 4.78 is 4.68. The molecule has 0 saturated heterocycles. The van der Waals surface area contributed by atoms with Crippen molar-refractivity contribution >= 4 is 11.9 Å². The van der Waals surface area contributed by atoms with Crippen LogP contribution in [-0.4, -0.2) is 30.2 Å². The topological polar surface area (TPSA) is 89.6 Å². The maximum absolute atomic E-state index is 11.6. The molecule has 1 rings (SSSR count). The van der Waals surface area contributed by atoms with E-state index in [-0.39, 0.29) is 6.42 Å². The quantitative estimate of drug-likeness (QED) is 0.730. The first kappa shape index (κ1) is 14.2. The van der Waals surface area contributed by atoms with Crippen molar-refractivity contribution in [3.05, 3.63) is 35.9 Å². The van der Waals surface area contributed by atoms with Crippen molar-refractivity contribution in [2.24, 2.45) is 11.7 Å². The minimum Gasteiger partial charge on any atom is -0.481 e. The number of benzene rings is 1. The van der Waals surface area contributed by atoms with E-state index in [4.69, 9.17) is 10.8 Å². The van der Waals surface area contributed by atoms with Crippen LogP contribution in [0.15, 0.2) is 30.3 Å². The first-order chi connectivity index (χ1) is 8.54. The number of nitrogens with two attached hydrogens (primary N) is 1. The van der Waals surface area contributed by atoms with Gasteiger partial charge >= 0.3 is 11.9 Å². The molecule has 2 atom stereocenters. The Morgan fingerprint density at radius 1 is 1.33 bits per heavy atom. The van der Waals surface area contributed by atoms with Gasteiger partial charge in [-0.1, -0.05) is 30.3 Å². The summed E-state index contributed by atoms with van der Waals surface area (Å²) in [6.45, 7) is 0. The normalized spacial score (nSPS) is 13.7. The number of esters is 1. The average molecular weight is 251 g/mol. The summed E-state index contributed by atoms with van der Waals surface area (Å²) in [7, 11) is 1.27. The van der Waals surface area contributed by atoms with Crippen LogP contribution in [0.1, 0.15) is 12.0 Å². The molecule has 5 nitrogen and oxygen atoms in total. The molecule has 0 aliphatic heterocycles. The van der Waals surface area contributed by atoms with Crippen LogP contribution in [0.2, 0.25) is 0 Å². The summed E-state index contributed by atoms with van der Waals surface area (Å²) in [5.41, 5.74) is 6.69. The molecule has 0 fully saturated rings. The third-order valence-corrected chi connectivity index (χ3v) is 2.73. The van der Waals surface area contributed by atoms with Crippen LogP contribution in [0.4, 0.5) is 0 Å². The highest BCUT2D eigenvalue weighted by molar-refractivity contribution is 5.75. The third-order valence-electron chi connectivity index (χ3n) is 2.73. The van der Waals surface area contributed by atoms with Gasteiger partial charge in [0, 0.05) is 6.04 Å². The van der Waals surface area contributed by atoms with Gasteiger partial charge < -0.3 is 15.6 Å². The first-order valence-electron chi connectivity index (χ1n) is 5.63. The van der Waals surface area contributed by atoms with Crippen LogP contribution in [-0.2, 0) is 20.7 Å². The fraction of sp³-hybridized carbons (Fsp3) is 0.385. The standard InChI is InChI=1S/C13H17NO4/c1-18-13(17)10(11(14)8-12(15)16)7-9-5-3-2-4-6-9/h2-6,10-11H,7-8,14H2,1H3,(H,15,16)/t10-,11-/m1/s1. The van der Waals surface area contributed by atoms with E-state index in [9.17, 15) is 9.59 Å². The lowest BCUT2D eigenvalue weighted by molar-refractivity contribution is -0.147. The van der Waals surface area contributed by atoms with Crippen molar-refractivity contribution in [1.29, 1.82) is 0 Å². The molecule has 0 heterocycles. The van der Waals surface area contributed by atoms with Gasteiger partial charge in [0.1, 0.15) is 0 Å². The van der Waals surface area contributed by atoms with Gasteiger partial charge in [-0.05, 0) is 12.0 Å². The number of carboxylic acid groups (broad SMARTS) is 1. The number of methoxy groups -OCH3 is 1. The van der Waals surface area contributed by atoms with Crippen LogP contribution in [0, 0.1) is 5.92 Å². The Kier molecular flexibility index (Phi) is 5.32. The van der Waals surface area contributed by atoms with Crippen molar-refractivity contribution < 1.29 is 19.4 Å². The highest BCUT2D eigenvalue weighted by Gasteiger charge is 2.28. The number of rotatable bonds is 6.